The normalized spacial score (nSPS) is 10.3. The summed E-state index contributed by atoms with van der Waals surface area (Å²) in [7, 11) is 1.87. The Morgan fingerprint density at radius 1 is 1.32 bits per heavy atom. The number of rotatable bonds is 7. The van der Waals surface area contributed by atoms with Crippen LogP contribution >= 0.6 is 0 Å². The van der Waals surface area contributed by atoms with Gasteiger partial charge in [-0.2, -0.15) is 0 Å². The number of nitrogens with zero attached hydrogens (tertiary/aromatic N) is 3. The van der Waals surface area contributed by atoms with Gasteiger partial charge in [0, 0.05) is 31.8 Å². The monoisotopic (exact) mass is 302 g/mol. The molecule has 0 fully saturated rings. The highest BCUT2D eigenvalue weighted by Crippen LogP contribution is 2.19. The summed E-state index contributed by atoms with van der Waals surface area (Å²) in [5, 5.41) is 22.9. The van der Waals surface area contributed by atoms with Crippen molar-refractivity contribution in [2.45, 2.75) is 6.54 Å². The van der Waals surface area contributed by atoms with Crippen LogP contribution < -0.4 is 10.2 Å². The number of aliphatic hydroxyl groups excluding tert-OH is 1. The van der Waals surface area contributed by atoms with E-state index < -0.39 is 4.92 Å². The summed E-state index contributed by atoms with van der Waals surface area (Å²) in [5.41, 5.74) is 1.59. The fourth-order valence-corrected chi connectivity index (χ4v) is 2.02. The average Bonchev–Trinajstić information content (AvgIpc) is 2.54. The minimum atomic E-state index is -0.391. The molecule has 0 bridgehead atoms. The second-order valence-corrected chi connectivity index (χ2v) is 4.79. The zero-order valence-electron chi connectivity index (χ0n) is 12.3. The molecule has 1 heterocycles. The van der Waals surface area contributed by atoms with E-state index in [0.29, 0.717) is 24.5 Å². The van der Waals surface area contributed by atoms with Gasteiger partial charge in [0.2, 0.25) is 0 Å². The van der Waals surface area contributed by atoms with Gasteiger partial charge in [-0.15, -0.1) is 0 Å². The fraction of sp³-hybridized carbons (Fsp3) is 0.267. The first kappa shape index (κ1) is 15.7. The first-order valence-electron chi connectivity index (χ1n) is 6.86. The van der Waals surface area contributed by atoms with E-state index in [4.69, 9.17) is 5.11 Å². The van der Waals surface area contributed by atoms with Crippen LogP contribution in [0.15, 0.2) is 42.6 Å². The standard InChI is InChI=1S/C15H18N4O3/c1-18(8-9-20)13-6-7-15(17-11-13)16-10-12-4-2-3-5-14(12)19(21)22/h2-7,11,20H,8-10H2,1H3,(H,16,17). The quantitative estimate of drug-likeness (QED) is 0.600. The number of likely N-dealkylation sites (N-methyl/N-ethyl adjacent to an activating group) is 1. The number of para-hydroxylation sites is 1. The van der Waals surface area contributed by atoms with Crippen LogP contribution in [-0.2, 0) is 6.54 Å². The Kier molecular flexibility index (Phi) is 5.26. The van der Waals surface area contributed by atoms with Gasteiger partial charge in [-0.25, -0.2) is 4.98 Å². The second kappa shape index (κ2) is 7.37. The minimum absolute atomic E-state index is 0.0776. The molecule has 22 heavy (non-hydrogen) atoms. The summed E-state index contributed by atoms with van der Waals surface area (Å²) in [4.78, 5) is 16.7. The Bertz CT molecular complexity index is 631. The molecule has 7 nitrogen and oxygen atoms in total. The number of nitro benzene ring substituents is 1. The van der Waals surface area contributed by atoms with Crippen molar-refractivity contribution in [3.8, 4) is 0 Å². The molecule has 2 aromatic rings. The molecule has 0 amide bonds. The van der Waals surface area contributed by atoms with Gasteiger partial charge >= 0.3 is 0 Å². The van der Waals surface area contributed by atoms with Gasteiger partial charge in [0.05, 0.1) is 23.4 Å². The van der Waals surface area contributed by atoms with Gasteiger partial charge in [0.15, 0.2) is 0 Å². The molecule has 2 N–H and O–H groups in total. The van der Waals surface area contributed by atoms with Crippen molar-refractivity contribution in [1.82, 2.24) is 4.98 Å². The maximum atomic E-state index is 11.0. The van der Waals surface area contributed by atoms with Crippen molar-refractivity contribution in [3.63, 3.8) is 0 Å². The summed E-state index contributed by atoms with van der Waals surface area (Å²) in [6.45, 7) is 0.939. The number of anilines is 2. The number of pyridine rings is 1. The largest absolute Gasteiger partial charge is 0.395 e. The molecule has 7 heteroatoms. The summed E-state index contributed by atoms with van der Waals surface area (Å²) in [5.74, 6) is 0.638. The SMILES string of the molecule is CN(CCO)c1ccc(NCc2ccccc2[N+](=O)[O-])nc1. The highest BCUT2D eigenvalue weighted by Gasteiger charge is 2.11. The van der Waals surface area contributed by atoms with Crippen molar-refractivity contribution in [3.05, 3.63) is 58.3 Å². The van der Waals surface area contributed by atoms with Crippen LogP contribution in [0.5, 0.6) is 0 Å². The van der Waals surface area contributed by atoms with E-state index >= 15 is 0 Å². The molecule has 0 saturated heterocycles. The van der Waals surface area contributed by atoms with Crippen molar-refractivity contribution >= 4 is 17.2 Å². The maximum absolute atomic E-state index is 11.0. The van der Waals surface area contributed by atoms with E-state index in [1.807, 2.05) is 18.0 Å². The summed E-state index contributed by atoms with van der Waals surface area (Å²) in [6.07, 6.45) is 1.69. The molecule has 0 spiro atoms. The smallest absolute Gasteiger partial charge is 0.274 e. The van der Waals surface area contributed by atoms with Gasteiger partial charge in [-0.3, -0.25) is 10.1 Å². The van der Waals surface area contributed by atoms with Crippen molar-refractivity contribution < 1.29 is 10.0 Å². The van der Waals surface area contributed by atoms with E-state index in [1.165, 1.54) is 6.07 Å². The average molecular weight is 302 g/mol. The Hall–Kier alpha value is -2.67. The van der Waals surface area contributed by atoms with Crippen LogP contribution in [0.25, 0.3) is 0 Å². The lowest BCUT2D eigenvalue weighted by Crippen LogP contribution is -2.21. The molecule has 0 saturated carbocycles. The molecule has 0 aliphatic carbocycles. The van der Waals surface area contributed by atoms with Gasteiger partial charge in [0.1, 0.15) is 5.82 Å². The van der Waals surface area contributed by atoms with Crippen LogP contribution in [0, 0.1) is 10.1 Å². The summed E-state index contributed by atoms with van der Waals surface area (Å²) < 4.78 is 0. The van der Waals surface area contributed by atoms with E-state index in [-0.39, 0.29) is 12.3 Å². The van der Waals surface area contributed by atoms with Gasteiger partial charge in [0.25, 0.3) is 5.69 Å². The number of hydrogen-bond donors (Lipinski definition) is 2. The van der Waals surface area contributed by atoms with Crippen LogP contribution in [0.1, 0.15) is 5.56 Å². The maximum Gasteiger partial charge on any atom is 0.274 e. The second-order valence-electron chi connectivity index (χ2n) is 4.79. The molecule has 0 atom stereocenters. The lowest BCUT2D eigenvalue weighted by molar-refractivity contribution is -0.385. The van der Waals surface area contributed by atoms with E-state index in [1.54, 1.807) is 30.5 Å². The van der Waals surface area contributed by atoms with Crippen molar-refractivity contribution in [2.24, 2.45) is 0 Å². The Labute approximate surface area is 128 Å². The Morgan fingerprint density at radius 3 is 2.73 bits per heavy atom. The van der Waals surface area contributed by atoms with E-state index in [9.17, 15) is 10.1 Å². The molecular formula is C15H18N4O3. The van der Waals surface area contributed by atoms with Crippen LogP contribution in [0.2, 0.25) is 0 Å². The first-order valence-corrected chi connectivity index (χ1v) is 6.86. The molecule has 0 radical (unpaired) electrons. The predicted molar refractivity (Wildman–Crippen MR) is 85.0 cm³/mol. The van der Waals surface area contributed by atoms with Crippen molar-refractivity contribution in [2.75, 3.05) is 30.4 Å². The Balaban J connectivity index is 2.02. The summed E-state index contributed by atoms with van der Waals surface area (Å²) >= 11 is 0. The number of aromatic nitrogens is 1. The van der Waals surface area contributed by atoms with Crippen LogP contribution in [-0.4, -0.2) is 35.2 Å². The van der Waals surface area contributed by atoms with Crippen LogP contribution in [0.3, 0.4) is 0 Å². The molecule has 0 unspecified atom stereocenters. The third-order valence-corrected chi connectivity index (χ3v) is 3.27. The zero-order valence-corrected chi connectivity index (χ0v) is 12.3. The van der Waals surface area contributed by atoms with Crippen molar-refractivity contribution in [1.29, 1.82) is 0 Å². The highest BCUT2D eigenvalue weighted by atomic mass is 16.6. The fourth-order valence-electron chi connectivity index (χ4n) is 2.02. The number of nitro groups is 1. The predicted octanol–water partition coefficient (Wildman–Crippen LogP) is 2.03. The third kappa shape index (κ3) is 3.92. The molecular weight excluding hydrogens is 284 g/mol. The van der Waals surface area contributed by atoms with Gasteiger partial charge in [-0.05, 0) is 12.1 Å². The number of aliphatic hydroxyl groups is 1. The minimum Gasteiger partial charge on any atom is -0.395 e. The number of benzene rings is 1. The zero-order chi connectivity index (χ0) is 15.9. The number of hydrogen-bond acceptors (Lipinski definition) is 6. The number of nitrogens with one attached hydrogen (secondary N) is 1. The molecule has 2 rings (SSSR count). The highest BCUT2D eigenvalue weighted by molar-refractivity contribution is 5.50. The lowest BCUT2D eigenvalue weighted by atomic mass is 10.2. The first-order chi connectivity index (χ1) is 10.6. The molecule has 116 valence electrons. The molecule has 0 aliphatic rings. The molecule has 0 aliphatic heterocycles. The Morgan fingerprint density at radius 2 is 2.09 bits per heavy atom. The van der Waals surface area contributed by atoms with E-state index in [0.717, 1.165) is 5.69 Å². The van der Waals surface area contributed by atoms with Crippen LogP contribution in [0.4, 0.5) is 17.2 Å². The molecule has 1 aromatic carbocycles. The van der Waals surface area contributed by atoms with E-state index in [2.05, 4.69) is 10.3 Å². The topological polar surface area (TPSA) is 91.5 Å². The van der Waals surface area contributed by atoms with Gasteiger partial charge < -0.3 is 15.3 Å². The third-order valence-electron chi connectivity index (χ3n) is 3.27. The molecule has 1 aromatic heterocycles. The van der Waals surface area contributed by atoms with Gasteiger partial charge in [-0.1, -0.05) is 18.2 Å². The lowest BCUT2D eigenvalue weighted by Gasteiger charge is -2.17. The summed E-state index contributed by atoms with van der Waals surface area (Å²) in [6, 6.07) is 10.3.